The molecule has 156 valence electrons. The van der Waals surface area contributed by atoms with Crippen LogP contribution in [0.15, 0.2) is 18.2 Å². The van der Waals surface area contributed by atoms with Crippen molar-refractivity contribution in [3.63, 3.8) is 0 Å². The number of nitrogens with zero attached hydrogens (tertiary/aromatic N) is 3. The highest BCUT2D eigenvalue weighted by molar-refractivity contribution is 5.90. The van der Waals surface area contributed by atoms with Crippen LogP contribution < -0.4 is 29.7 Å². The molecule has 2 heterocycles. The lowest BCUT2D eigenvalue weighted by molar-refractivity contribution is 0.251. The van der Waals surface area contributed by atoms with Gasteiger partial charge < -0.3 is 29.7 Å². The predicted molar refractivity (Wildman–Crippen MR) is 110 cm³/mol. The summed E-state index contributed by atoms with van der Waals surface area (Å²) in [6.07, 6.45) is 2.35. The molecule has 0 atom stereocenters. The van der Waals surface area contributed by atoms with Crippen LogP contribution in [0.1, 0.15) is 24.4 Å². The monoisotopic (exact) mass is 401 g/mol. The van der Waals surface area contributed by atoms with E-state index in [4.69, 9.17) is 14.2 Å². The van der Waals surface area contributed by atoms with Gasteiger partial charge in [0.2, 0.25) is 5.75 Å². The number of ether oxygens (including phenoxy) is 3. The van der Waals surface area contributed by atoms with Crippen molar-refractivity contribution in [2.45, 2.75) is 26.3 Å². The van der Waals surface area contributed by atoms with Gasteiger partial charge in [-0.25, -0.2) is 14.8 Å². The van der Waals surface area contributed by atoms with Gasteiger partial charge in [-0.15, -0.1) is 0 Å². The molecule has 0 radical (unpaired) electrons. The molecule has 1 aromatic carbocycles. The predicted octanol–water partition coefficient (Wildman–Crippen LogP) is 2.73. The highest BCUT2D eigenvalue weighted by Crippen LogP contribution is 2.39. The molecule has 0 aliphatic carbocycles. The minimum atomic E-state index is -0.382. The van der Waals surface area contributed by atoms with Crippen molar-refractivity contribution in [2.75, 3.05) is 44.6 Å². The van der Waals surface area contributed by atoms with Crippen LogP contribution in [-0.4, -0.2) is 50.4 Å². The summed E-state index contributed by atoms with van der Waals surface area (Å²) in [5.74, 6) is 2.87. The molecule has 2 aromatic rings. The molecule has 9 nitrogen and oxygen atoms in total. The van der Waals surface area contributed by atoms with E-state index in [-0.39, 0.29) is 12.6 Å². The van der Waals surface area contributed by atoms with E-state index in [1.165, 1.54) is 34.2 Å². The van der Waals surface area contributed by atoms with Crippen molar-refractivity contribution < 1.29 is 19.0 Å². The van der Waals surface area contributed by atoms with E-state index in [2.05, 4.69) is 25.5 Å². The number of hydrogen-bond donors (Lipinski definition) is 2. The fraction of sp³-hybridized carbons (Fsp3) is 0.450. The average Bonchev–Trinajstić information content (AvgIpc) is 3.26. The van der Waals surface area contributed by atoms with Crippen LogP contribution in [0.2, 0.25) is 0 Å². The minimum absolute atomic E-state index is 0.221. The quantitative estimate of drug-likeness (QED) is 0.736. The number of carbonyl (C=O) groups is 1. The molecular formula is C20H27N5O4. The molecule has 1 saturated heterocycles. The van der Waals surface area contributed by atoms with E-state index >= 15 is 0 Å². The Bertz CT molecular complexity index is 843. The zero-order valence-electron chi connectivity index (χ0n) is 17.2. The lowest BCUT2D eigenvalue weighted by Crippen LogP contribution is -2.29. The number of aromatic nitrogens is 2. The Morgan fingerprint density at radius 1 is 1.03 bits per heavy atom. The highest BCUT2D eigenvalue weighted by Gasteiger charge is 2.16. The number of nitrogens with one attached hydrogen (secondary N) is 2. The van der Waals surface area contributed by atoms with E-state index in [1.807, 2.05) is 13.0 Å². The van der Waals surface area contributed by atoms with E-state index in [1.54, 1.807) is 12.1 Å². The Kier molecular flexibility index (Phi) is 6.58. The number of carbonyl (C=O) groups excluding carboxylic acids is 1. The number of rotatable bonds is 7. The Morgan fingerprint density at radius 3 is 2.28 bits per heavy atom. The van der Waals surface area contributed by atoms with Crippen LogP contribution in [0.4, 0.5) is 16.3 Å². The lowest BCUT2D eigenvalue weighted by atomic mass is 10.2. The van der Waals surface area contributed by atoms with Crippen LogP contribution >= 0.6 is 0 Å². The fourth-order valence-corrected chi connectivity index (χ4v) is 3.29. The van der Waals surface area contributed by atoms with Gasteiger partial charge in [0.05, 0.1) is 33.6 Å². The summed E-state index contributed by atoms with van der Waals surface area (Å²) in [6.45, 7) is 4.16. The van der Waals surface area contributed by atoms with Gasteiger partial charge in [-0.1, -0.05) is 0 Å². The van der Waals surface area contributed by atoms with Crippen molar-refractivity contribution >= 4 is 17.5 Å². The van der Waals surface area contributed by atoms with Crippen LogP contribution in [0.25, 0.3) is 0 Å². The first kappa shape index (κ1) is 20.5. The molecular weight excluding hydrogens is 374 g/mol. The molecule has 3 rings (SSSR count). The Balaban J connectivity index is 1.66. The van der Waals surface area contributed by atoms with Gasteiger partial charge in [-0.3, -0.25) is 0 Å². The fourth-order valence-electron chi connectivity index (χ4n) is 3.29. The lowest BCUT2D eigenvalue weighted by Gasteiger charge is -2.17. The SMILES string of the molecule is COc1cc(NC(=O)NCc2nc(C)cc(N3CCCC3)n2)cc(OC)c1OC. The van der Waals surface area contributed by atoms with Gasteiger partial charge in [0.1, 0.15) is 11.6 Å². The van der Waals surface area contributed by atoms with Crippen molar-refractivity contribution in [2.24, 2.45) is 0 Å². The third kappa shape index (κ3) is 4.98. The molecule has 0 saturated carbocycles. The standard InChI is InChI=1S/C20H27N5O4/c1-13-9-18(25-7-5-6-8-25)24-17(22-13)12-21-20(26)23-14-10-15(27-2)19(29-4)16(11-14)28-3/h9-11H,5-8,12H2,1-4H3,(H2,21,23,26). The molecule has 1 aliphatic rings. The van der Waals surface area contributed by atoms with E-state index in [0.717, 1.165) is 24.6 Å². The maximum atomic E-state index is 12.4. The number of benzene rings is 1. The second kappa shape index (κ2) is 9.31. The van der Waals surface area contributed by atoms with Crippen molar-refractivity contribution in [3.8, 4) is 17.2 Å². The van der Waals surface area contributed by atoms with Crippen molar-refractivity contribution in [1.82, 2.24) is 15.3 Å². The smallest absolute Gasteiger partial charge is 0.319 e. The molecule has 29 heavy (non-hydrogen) atoms. The molecule has 0 unspecified atom stereocenters. The average molecular weight is 401 g/mol. The van der Waals surface area contributed by atoms with E-state index in [9.17, 15) is 4.79 Å². The van der Waals surface area contributed by atoms with Gasteiger partial charge in [-0.2, -0.15) is 0 Å². The largest absolute Gasteiger partial charge is 0.493 e. The number of aryl methyl sites for hydroxylation is 1. The Labute approximate surface area is 170 Å². The molecule has 0 spiro atoms. The van der Waals surface area contributed by atoms with Gasteiger partial charge in [0, 0.05) is 37.0 Å². The summed E-state index contributed by atoms with van der Waals surface area (Å²) < 4.78 is 15.9. The molecule has 2 N–H and O–H groups in total. The highest BCUT2D eigenvalue weighted by atomic mass is 16.5. The molecule has 1 fully saturated rings. The summed E-state index contributed by atoms with van der Waals surface area (Å²) in [7, 11) is 4.57. The maximum Gasteiger partial charge on any atom is 0.319 e. The summed E-state index contributed by atoms with van der Waals surface area (Å²) in [5.41, 5.74) is 1.39. The van der Waals surface area contributed by atoms with Crippen molar-refractivity contribution in [3.05, 3.63) is 29.7 Å². The Morgan fingerprint density at radius 2 is 1.69 bits per heavy atom. The normalized spacial score (nSPS) is 13.2. The van der Waals surface area contributed by atoms with Crippen LogP contribution in [0, 0.1) is 6.92 Å². The van der Waals surface area contributed by atoms with Gasteiger partial charge >= 0.3 is 6.03 Å². The van der Waals surface area contributed by atoms with Gasteiger partial charge in [0.15, 0.2) is 11.5 Å². The summed E-state index contributed by atoms with van der Waals surface area (Å²) >= 11 is 0. The number of urea groups is 1. The first-order valence-electron chi connectivity index (χ1n) is 9.48. The molecule has 1 aliphatic heterocycles. The maximum absolute atomic E-state index is 12.4. The first-order valence-corrected chi connectivity index (χ1v) is 9.48. The molecule has 1 aromatic heterocycles. The summed E-state index contributed by atoms with van der Waals surface area (Å²) in [5, 5.41) is 5.56. The second-order valence-corrected chi connectivity index (χ2v) is 6.70. The van der Waals surface area contributed by atoms with E-state index in [0.29, 0.717) is 28.8 Å². The summed E-state index contributed by atoms with van der Waals surface area (Å²) in [6, 6.07) is 4.92. The number of anilines is 2. The number of amides is 2. The molecule has 0 bridgehead atoms. The van der Waals surface area contributed by atoms with Gasteiger partial charge in [-0.05, 0) is 19.8 Å². The number of hydrogen-bond acceptors (Lipinski definition) is 7. The van der Waals surface area contributed by atoms with Crippen molar-refractivity contribution in [1.29, 1.82) is 0 Å². The second-order valence-electron chi connectivity index (χ2n) is 6.70. The van der Waals surface area contributed by atoms with Gasteiger partial charge in [0.25, 0.3) is 0 Å². The topological polar surface area (TPSA) is 97.8 Å². The molecule has 9 heteroatoms. The van der Waals surface area contributed by atoms with Crippen LogP contribution in [0.3, 0.4) is 0 Å². The number of methoxy groups -OCH3 is 3. The third-order valence-electron chi connectivity index (χ3n) is 4.65. The van der Waals surface area contributed by atoms with E-state index < -0.39 is 0 Å². The Hall–Kier alpha value is -3.23. The third-order valence-corrected chi connectivity index (χ3v) is 4.65. The summed E-state index contributed by atoms with van der Waals surface area (Å²) in [4.78, 5) is 23.6. The van der Waals surface area contributed by atoms with Crippen LogP contribution in [-0.2, 0) is 6.54 Å². The molecule has 2 amide bonds. The zero-order chi connectivity index (χ0) is 20.8. The minimum Gasteiger partial charge on any atom is -0.493 e. The zero-order valence-corrected chi connectivity index (χ0v) is 17.2. The van der Waals surface area contributed by atoms with Crippen LogP contribution in [0.5, 0.6) is 17.2 Å². The first-order chi connectivity index (χ1) is 14.0.